The summed E-state index contributed by atoms with van der Waals surface area (Å²) < 4.78 is 5.63. The van der Waals surface area contributed by atoms with E-state index in [0.717, 1.165) is 10.0 Å². The molecule has 2 rings (SSSR count). The molecule has 0 aliphatic rings. The molecule has 18 heavy (non-hydrogen) atoms. The van der Waals surface area contributed by atoms with Crippen LogP contribution in [0.25, 0.3) is 0 Å². The second-order valence-corrected chi connectivity index (χ2v) is 4.68. The first kappa shape index (κ1) is 12.8. The zero-order valence-electron chi connectivity index (χ0n) is 9.81. The van der Waals surface area contributed by atoms with Crippen LogP contribution in [-0.4, -0.2) is 22.6 Å². The molecule has 0 atom stereocenters. The normalized spacial score (nSPS) is 10.3. The van der Waals surface area contributed by atoms with Crippen LogP contribution in [0.5, 0.6) is 0 Å². The fraction of sp³-hybridized carbons (Fsp3) is 0.250. The molecule has 94 valence electrons. The lowest BCUT2D eigenvalue weighted by molar-refractivity contribution is 0.0952. The van der Waals surface area contributed by atoms with Crippen LogP contribution in [0.1, 0.15) is 21.8 Å². The molecule has 0 unspecified atom stereocenters. The molecule has 6 heteroatoms. The molecule has 0 saturated carbocycles. The number of carbonyl (C=O) groups is 1. The van der Waals surface area contributed by atoms with E-state index >= 15 is 0 Å². The first-order valence-corrected chi connectivity index (χ1v) is 6.26. The van der Waals surface area contributed by atoms with Gasteiger partial charge in [-0.2, -0.15) is 4.98 Å². The summed E-state index contributed by atoms with van der Waals surface area (Å²) in [4.78, 5) is 15.8. The third-order valence-corrected chi connectivity index (χ3v) is 3.06. The molecular formula is C12H12BrN3O2. The highest BCUT2D eigenvalue weighted by atomic mass is 79.9. The Morgan fingerprint density at radius 3 is 3.00 bits per heavy atom. The Morgan fingerprint density at radius 1 is 1.50 bits per heavy atom. The highest BCUT2D eigenvalue weighted by Gasteiger charge is 2.09. The molecule has 1 aromatic heterocycles. The molecule has 0 radical (unpaired) electrons. The van der Waals surface area contributed by atoms with Gasteiger partial charge < -0.3 is 9.84 Å². The summed E-state index contributed by atoms with van der Waals surface area (Å²) in [5.41, 5.74) is 1.72. The number of nitrogens with zero attached hydrogens (tertiary/aromatic N) is 2. The van der Waals surface area contributed by atoms with Crippen LogP contribution in [-0.2, 0) is 6.42 Å². The van der Waals surface area contributed by atoms with E-state index in [-0.39, 0.29) is 5.91 Å². The Kier molecular flexibility index (Phi) is 4.09. The van der Waals surface area contributed by atoms with Crippen LogP contribution in [0.3, 0.4) is 0 Å². The summed E-state index contributed by atoms with van der Waals surface area (Å²) in [5.74, 6) is 0.389. The Hall–Kier alpha value is -1.69. The number of aromatic nitrogens is 2. The summed E-state index contributed by atoms with van der Waals surface area (Å²) in [6, 6.07) is 5.60. The number of hydrogen-bond acceptors (Lipinski definition) is 4. The molecule has 0 saturated heterocycles. The van der Waals surface area contributed by atoms with E-state index < -0.39 is 0 Å². The number of carbonyl (C=O) groups excluding carboxylic acids is 1. The van der Waals surface area contributed by atoms with Crippen LogP contribution in [0.2, 0.25) is 0 Å². The molecule has 1 aromatic carbocycles. The van der Waals surface area contributed by atoms with Gasteiger partial charge in [-0.05, 0) is 40.5 Å². The molecular weight excluding hydrogens is 298 g/mol. The van der Waals surface area contributed by atoms with Crippen molar-refractivity contribution in [2.24, 2.45) is 0 Å². The topological polar surface area (TPSA) is 68.0 Å². The van der Waals surface area contributed by atoms with Gasteiger partial charge in [-0.3, -0.25) is 4.79 Å². The van der Waals surface area contributed by atoms with Crippen molar-refractivity contribution >= 4 is 21.8 Å². The van der Waals surface area contributed by atoms with Crippen molar-refractivity contribution in [3.8, 4) is 0 Å². The van der Waals surface area contributed by atoms with Crippen molar-refractivity contribution < 1.29 is 9.32 Å². The van der Waals surface area contributed by atoms with E-state index in [4.69, 9.17) is 4.52 Å². The van der Waals surface area contributed by atoms with Gasteiger partial charge in [-0.15, -0.1) is 0 Å². The maximum atomic E-state index is 11.9. The van der Waals surface area contributed by atoms with Gasteiger partial charge in [-0.25, -0.2) is 0 Å². The van der Waals surface area contributed by atoms with Crippen molar-refractivity contribution in [2.75, 3.05) is 6.54 Å². The van der Waals surface area contributed by atoms with Gasteiger partial charge >= 0.3 is 0 Å². The van der Waals surface area contributed by atoms with Crippen molar-refractivity contribution in [3.05, 3.63) is 46.0 Å². The molecule has 2 aromatic rings. The number of hydrogen-bond donors (Lipinski definition) is 1. The number of benzene rings is 1. The van der Waals surface area contributed by atoms with E-state index in [0.29, 0.717) is 24.4 Å². The first-order chi connectivity index (χ1) is 8.66. The standard InChI is InChI=1S/C12H12BrN3O2/c1-8-2-3-9(10(13)6-8)12(17)14-5-4-11-15-7-16-18-11/h2-3,6-7H,4-5H2,1H3,(H,14,17). The first-order valence-electron chi connectivity index (χ1n) is 5.46. The van der Waals surface area contributed by atoms with E-state index in [9.17, 15) is 4.79 Å². The molecule has 1 N–H and O–H groups in total. The molecule has 0 bridgehead atoms. The molecule has 0 spiro atoms. The Labute approximate surface area is 113 Å². The van der Waals surface area contributed by atoms with Gasteiger partial charge in [-0.1, -0.05) is 11.2 Å². The molecule has 1 amide bonds. The predicted octanol–water partition coefficient (Wildman–Crippen LogP) is 2.11. The summed E-state index contributed by atoms with van der Waals surface area (Å²) in [6.45, 7) is 2.43. The number of rotatable bonds is 4. The van der Waals surface area contributed by atoms with Crippen LogP contribution in [0.4, 0.5) is 0 Å². The minimum Gasteiger partial charge on any atom is -0.351 e. The second kappa shape index (κ2) is 5.77. The smallest absolute Gasteiger partial charge is 0.252 e. The van der Waals surface area contributed by atoms with Gasteiger partial charge in [0.15, 0.2) is 6.33 Å². The van der Waals surface area contributed by atoms with E-state index in [2.05, 4.69) is 31.4 Å². The van der Waals surface area contributed by atoms with Gasteiger partial charge in [0.1, 0.15) is 0 Å². The number of nitrogens with one attached hydrogen (secondary N) is 1. The molecule has 5 nitrogen and oxygen atoms in total. The summed E-state index contributed by atoms with van der Waals surface area (Å²) >= 11 is 3.38. The second-order valence-electron chi connectivity index (χ2n) is 3.82. The zero-order chi connectivity index (χ0) is 13.0. The van der Waals surface area contributed by atoms with Crippen LogP contribution >= 0.6 is 15.9 Å². The highest BCUT2D eigenvalue weighted by molar-refractivity contribution is 9.10. The average molecular weight is 310 g/mol. The molecule has 0 fully saturated rings. The molecule has 0 aliphatic heterocycles. The van der Waals surface area contributed by atoms with Crippen LogP contribution in [0, 0.1) is 6.92 Å². The molecule has 0 aliphatic carbocycles. The van der Waals surface area contributed by atoms with Crippen molar-refractivity contribution in [2.45, 2.75) is 13.3 Å². The quantitative estimate of drug-likeness (QED) is 0.939. The number of halogens is 1. The van der Waals surface area contributed by atoms with Crippen LogP contribution in [0.15, 0.2) is 33.5 Å². The van der Waals surface area contributed by atoms with E-state index in [1.807, 2.05) is 19.1 Å². The van der Waals surface area contributed by atoms with Crippen molar-refractivity contribution in [1.29, 1.82) is 0 Å². The fourth-order valence-electron chi connectivity index (χ4n) is 1.49. The Balaban J connectivity index is 1.91. The van der Waals surface area contributed by atoms with Gasteiger partial charge in [0, 0.05) is 17.4 Å². The lowest BCUT2D eigenvalue weighted by Crippen LogP contribution is -2.26. The predicted molar refractivity (Wildman–Crippen MR) is 69.2 cm³/mol. The Bertz CT molecular complexity index is 540. The SMILES string of the molecule is Cc1ccc(C(=O)NCCc2ncno2)c(Br)c1. The van der Waals surface area contributed by atoms with Crippen LogP contribution < -0.4 is 5.32 Å². The maximum absolute atomic E-state index is 11.9. The molecule has 1 heterocycles. The van der Waals surface area contributed by atoms with Crippen molar-refractivity contribution in [3.63, 3.8) is 0 Å². The number of aryl methyl sites for hydroxylation is 1. The third kappa shape index (κ3) is 3.16. The monoisotopic (exact) mass is 309 g/mol. The highest BCUT2D eigenvalue weighted by Crippen LogP contribution is 2.18. The van der Waals surface area contributed by atoms with Crippen molar-refractivity contribution in [1.82, 2.24) is 15.5 Å². The summed E-state index contributed by atoms with van der Waals surface area (Å²) in [6.07, 6.45) is 1.86. The van der Waals surface area contributed by atoms with Gasteiger partial charge in [0.05, 0.1) is 5.56 Å². The lowest BCUT2D eigenvalue weighted by atomic mass is 10.1. The summed E-state index contributed by atoms with van der Waals surface area (Å²) in [7, 11) is 0. The Morgan fingerprint density at radius 2 is 2.33 bits per heavy atom. The van der Waals surface area contributed by atoms with Gasteiger partial charge in [0.2, 0.25) is 5.89 Å². The third-order valence-electron chi connectivity index (χ3n) is 2.40. The number of amides is 1. The van der Waals surface area contributed by atoms with E-state index in [1.165, 1.54) is 6.33 Å². The average Bonchev–Trinajstić information content (AvgIpc) is 2.81. The van der Waals surface area contributed by atoms with Gasteiger partial charge in [0.25, 0.3) is 5.91 Å². The zero-order valence-corrected chi connectivity index (χ0v) is 11.4. The minimum atomic E-state index is -0.124. The fourth-order valence-corrected chi connectivity index (χ4v) is 2.16. The largest absolute Gasteiger partial charge is 0.351 e. The summed E-state index contributed by atoms with van der Waals surface area (Å²) in [5, 5.41) is 6.30. The minimum absolute atomic E-state index is 0.124. The van der Waals surface area contributed by atoms with E-state index in [1.54, 1.807) is 6.07 Å². The maximum Gasteiger partial charge on any atom is 0.252 e. The lowest BCUT2D eigenvalue weighted by Gasteiger charge is -2.06.